The molecule has 6 heteroatoms. The Balaban J connectivity index is 1.44. The second-order valence-electron chi connectivity index (χ2n) is 10.8. The van der Waals surface area contributed by atoms with Gasteiger partial charge in [0.05, 0.1) is 5.56 Å². The minimum absolute atomic E-state index is 0.228. The maximum absolute atomic E-state index is 10.5. The zero-order valence-electron chi connectivity index (χ0n) is 23.1. The minimum atomic E-state index is -1.00. The Morgan fingerprint density at radius 1 is 0.364 bits per heavy atom. The molecule has 0 saturated heterocycles. The van der Waals surface area contributed by atoms with Crippen LogP contribution < -0.4 is 0 Å². The van der Waals surface area contributed by atoms with Gasteiger partial charge in [-0.3, -0.25) is 0 Å². The van der Waals surface area contributed by atoms with Crippen molar-refractivity contribution in [2.45, 2.75) is 0 Å². The molecule has 0 aliphatic heterocycles. The first kappa shape index (κ1) is 25.6. The van der Waals surface area contributed by atoms with E-state index >= 15 is 0 Å². The lowest BCUT2D eigenvalue weighted by molar-refractivity contribution is 0.330. The third-order valence-corrected chi connectivity index (χ3v) is 8.42. The third-order valence-electron chi connectivity index (χ3n) is 8.42. The largest absolute Gasteiger partial charge is 0.504 e. The molecule has 8 aromatic rings. The number of hydrogen-bond acceptors (Lipinski definition) is 6. The number of benzene rings is 7. The lowest BCUT2D eigenvalue weighted by Crippen LogP contribution is -1.91. The van der Waals surface area contributed by atoms with Crippen molar-refractivity contribution in [2.24, 2.45) is 0 Å². The Morgan fingerprint density at radius 3 is 1.52 bits per heavy atom. The van der Waals surface area contributed by atoms with E-state index in [1.807, 2.05) is 24.3 Å². The normalized spacial score (nSPS) is 11.6. The molecule has 5 N–H and O–H groups in total. The number of fused-ring (bicyclic) bond motifs is 5. The van der Waals surface area contributed by atoms with E-state index < -0.39 is 28.7 Å². The van der Waals surface area contributed by atoms with Gasteiger partial charge < -0.3 is 29.9 Å². The molecule has 0 spiro atoms. The van der Waals surface area contributed by atoms with Gasteiger partial charge in [-0.2, -0.15) is 0 Å². The summed E-state index contributed by atoms with van der Waals surface area (Å²) in [5, 5.41) is 57.3. The summed E-state index contributed by atoms with van der Waals surface area (Å²) >= 11 is 0. The maximum atomic E-state index is 10.5. The predicted octanol–water partition coefficient (Wildman–Crippen LogP) is 9.42. The van der Waals surface area contributed by atoms with E-state index in [0.29, 0.717) is 11.2 Å². The summed E-state index contributed by atoms with van der Waals surface area (Å²) in [6.45, 7) is 0. The van der Waals surface area contributed by atoms with E-state index in [4.69, 9.17) is 4.42 Å². The molecule has 1 aromatic heterocycles. The molecule has 1 heterocycles. The van der Waals surface area contributed by atoms with Gasteiger partial charge in [0.1, 0.15) is 11.2 Å². The van der Waals surface area contributed by atoms with Crippen LogP contribution in [-0.4, -0.2) is 25.5 Å². The Labute approximate surface area is 250 Å². The number of furan rings is 1. The van der Waals surface area contributed by atoms with Crippen molar-refractivity contribution in [3.05, 3.63) is 115 Å². The molecule has 7 aromatic carbocycles. The Kier molecular flexibility index (Phi) is 5.48. The van der Waals surface area contributed by atoms with Crippen LogP contribution >= 0.6 is 0 Å². The average Bonchev–Trinajstić information content (AvgIpc) is 3.44. The van der Waals surface area contributed by atoms with Crippen molar-refractivity contribution in [1.82, 2.24) is 0 Å². The Morgan fingerprint density at radius 2 is 0.909 bits per heavy atom. The summed E-state index contributed by atoms with van der Waals surface area (Å²) in [5.74, 6) is -4.38. The summed E-state index contributed by atoms with van der Waals surface area (Å²) in [7, 11) is 0. The van der Waals surface area contributed by atoms with Crippen LogP contribution in [0.25, 0.3) is 76.9 Å². The van der Waals surface area contributed by atoms with Gasteiger partial charge in [-0.1, -0.05) is 97.1 Å². The third kappa shape index (κ3) is 3.55. The Bertz CT molecular complexity index is 2350. The number of aromatic hydroxyl groups is 5. The lowest BCUT2D eigenvalue weighted by atomic mass is 9.85. The maximum Gasteiger partial charge on any atom is 0.208 e. The quantitative estimate of drug-likeness (QED) is 0.0813. The summed E-state index contributed by atoms with van der Waals surface area (Å²) < 4.78 is 6.32. The van der Waals surface area contributed by atoms with E-state index in [1.165, 1.54) is 5.56 Å². The Hall–Kier alpha value is -6.14. The molecule has 0 radical (unpaired) electrons. The summed E-state index contributed by atoms with van der Waals surface area (Å²) in [4.78, 5) is 0. The molecule has 0 aliphatic carbocycles. The van der Waals surface area contributed by atoms with E-state index in [2.05, 4.69) is 78.9 Å². The van der Waals surface area contributed by atoms with Gasteiger partial charge in [0.2, 0.25) is 17.2 Å². The van der Waals surface area contributed by atoms with Crippen molar-refractivity contribution < 1.29 is 29.9 Å². The van der Waals surface area contributed by atoms with Gasteiger partial charge in [0, 0.05) is 10.8 Å². The standard InChI is InChI=1S/C38H24O6/c39-34-31(35(40)37(42)38(43)36(34)41)21-17-18-26-29(19-21)44-28-16-8-15-27(33(26)28)32-24-13-6-4-11-22(24)30(20-9-2-1-3-10-20)23-12-5-7-14-25(23)32/h1-19,39-43H. The van der Waals surface area contributed by atoms with Crippen LogP contribution in [0.5, 0.6) is 28.7 Å². The van der Waals surface area contributed by atoms with Crippen molar-refractivity contribution in [3.63, 3.8) is 0 Å². The first-order valence-electron chi connectivity index (χ1n) is 14.1. The molecule has 212 valence electrons. The number of rotatable bonds is 3. The highest BCUT2D eigenvalue weighted by Gasteiger charge is 2.25. The van der Waals surface area contributed by atoms with Crippen LogP contribution in [0.1, 0.15) is 0 Å². The lowest BCUT2D eigenvalue weighted by Gasteiger charge is -2.18. The molecule has 0 aliphatic rings. The van der Waals surface area contributed by atoms with E-state index in [9.17, 15) is 25.5 Å². The molecule has 6 nitrogen and oxygen atoms in total. The average molecular weight is 577 g/mol. The van der Waals surface area contributed by atoms with Gasteiger partial charge in [-0.15, -0.1) is 0 Å². The highest BCUT2D eigenvalue weighted by atomic mass is 16.4. The van der Waals surface area contributed by atoms with E-state index in [-0.39, 0.29) is 11.1 Å². The molecule has 0 atom stereocenters. The number of phenolic OH excluding ortho intramolecular Hbond substituents is 5. The molecular formula is C38H24O6. The van der Waals surface area contributed by atoms with Crippen LogP contribution in [0, 0.1) is 0 Å². The van der Waals surface area contributed by atoms with Gasteiger partial charge in [0.25, 0.3) is 0 Å². The van der Waals surface area contributed by atoms with Crippen molar-refractivity contribution >= 4 is 43.5 Å². The second kappa shape index (κ2) is 9.44. The molecule has 8 rings (SSSR count). The van der Waals surface area contributed by atoms with Gasteiger partial charge >= 0.3 is 0 Å². The highest BCUT2D eigenvalue weighted by molar-refractivity contribution is 6.25. The number of hydrogen-bond donors (Lipinski definition) is 5. The van der Waals surface area contributed by atoms with Crippen LogP contribution in [0.3, 0.4) is 0 Å². The van der Waals surface area contributed by atoms with E-state index in [1.54, 1.807) is 12.1 Å². The van der Waals surface area contributed by atoms with Gasteiger partial charge in [-0.25, -0.2) is 0 Å². The van der Waals surface area contributed by atoms with Gasteiger partial charge in [-0.05, 0) is 67.6 Å². The van der Waals surface area contributed by atoms with Crippen LogP contribution in [0.4, 0.5) is 0 Å². The summed E-state index contributed by atoms with van der Waals surface area (Å²) in [5.41, 5.74) is 5.57. The number of phenols is 5. The van der Waals surface area contributed by atoms with E-state index in [0.717, 1.165) is 49.0 Å². The fraction of sp³-hybridized carbons (Fsp3) is 0. The highest BCUT2D eigenvalue weighted by Crippen LogP contribution is 2.55. The van der Waals surface area contributed by atoms with Crippen molar-refractivity contribution in [2.75, 3.05) is 0 Å². The molecule has 0 amide bonds. The molecule has 0 unspecified atom stereocenters. The smallest absolute Gasteiger partial charge is 0.208 e. The van der Waals surface area contributed by atoms with Crippen LogP contribution in [0.2, 0.25) is 0 Å². The first-order valence-corrected chi connectivity index (χ1v) is 14.1. The second-order valence-corrected chi connectivity index (χ2v) is 10.8. The fourth-order valence-corrected chi connectivity index (χ4v) is 6.48. The predicted molar refractivity (Wildman–Crippen MR) is 173 cm³/mol. The van der Waals surface area contributed by atoms with Crippen LogP contribution in [-0.2, 0) is 0 Å². The monoisotopic (exact) mass is 576 g/mol. The molecule has 44 heavy (non-hydrogen) atoms. The summed E-state index contributed by atoms with van der Waals surface area (Å²) in [6, 6.07) is 38.3. The fourth-order valence-electron chi connectivity index (χ4n) is 6.48. The molecular weight excluding hydrogens is 552 g/mol. The van der Waals surface area contributed by atoms with Crippen molar-refractivity contribution in [1.29, 1.82) is 0 Å². The topological polar surface area (TPSA) is 114 Å². The SMILES string of the molecule is Oc1c(O)c(O)c(-c2ccc3c(c2)oc2cccc(-c4c5ccccc5c(-c5ccccc5)c5ccccc45)c23)c(O)c1O. The zero-order valence-corrected chi connectivity index (χ0v) is 23.1. The van der Waals surface area contributed by atoms with Crippen LogP contribution in [0.15, 0.2) is 120 Å². The molecule has 0 fully saturated rings. The molecule has 0 saturated carbocycles. The zero-order chi connectivity index (χ0) is 30.1. The van der Waals surface area contributed by atoms with Gasteiger partial charge in [0.15, 0.2) is 11.5 Å². The first-order chi connectivity index (χ1) is 21.4. The van der Waals surface area contributed by atoms with Crippen molar-refractivity contribution in [3.8, 4) is 62.1 Å². The molecule has 0 bridgehead atoms. The summed E-state index contributed by atoms with van der Waals surface area (Å²) in [6.07, 6.45) is 0. The minimum Gasteiger partial charge on any atom is -0.504 e.